The van der Waals surface area contributed by atoms with Crippen molar-refractivity contribution in [3.63, 3.8) is 0 Å². The van der Waals surface area contributed by atoms with Crippen LogP contribution in [0.5, 0.6) is 0 Å². The van der Waals surface area contributed by atoms with Gasteiger partial charge in [-0.15, -0.1) is 0 Å². The van der Waals surface area contributed by atoms with Crippen LogP contribution >= 0.6 is 0 Å². The lowest BCUT2D eigenvalue weighted by Crippen LogP contribution is -2.42. The van der Waals surface area contributed by atoms with E-state index >= 15 is 0 Å². The Kier molecular flexibility index (Phi) is 7.11. The van der Waals surface area contributed by atoms with Gasteiger partial charge in [0.15, 0.2) is 0 Å². The third-order valence-corrected chi connectivity index (χ3v) is 4.28. The summed E-state index contributed by atoms with van der Waals surface area (Å²) in [4.78, 5) is 22.8. The predicted molar refractivity (Wildman–Crippen MR) is 87.9 cm³/mol. The van der Waals surface area contributed by atoms with Gasteiger partial charge in [-0.1, -0.05) is 30.3 Å². The highest BCUT2D eigenvalue weighted by atomic mass is 16.6. The molecule has 126 valence electrons. The lowest BCUT2D eigenvalue weighted by molar-refractivity contribution is -0.182. The van der Waals surface area contributed by atoms with Crippen LogP contribution in [0.25, 0.3) is 0 Å². The van der Waals surface area contributed by atoms with Gasteiger partial charge in [0.1, 0.15) is 6.10 Å². The van der Waals surface area contributed by atoms with E-state index in [1.807, 2.05) is 13.0 Å². The minimum absolute atomic E-state index is 0.00290. The Balaban J connectivity index is 1.43. The lowest BCUT2D eigenvalue weighted by Gasteiger charge is -2.32. The Morgan fingerprint density at radius 3 is 2.61 bits per heavy atom. The Hall–Kier alpha value is -1.84. The number of ether oxygens (including phenoxy) is 2. The molecule has 0 aliphatic carbocycles. The van der Waals surface area contributed by atoms with Gasteiger partial charge in [0.2, 0.25) is 0 Å². The smallest absolute Gasteiger partial charge is 0.312 e. The van der Waals surface area contributed by atoms with Crippen molar-refractivity contribution in [1.29, 1.82) is 0 Å². The number of esters is 2. The van der Waals surface area contributed by atoms with Crippen molar-refractivity contribution < 1.29 is 19.1 Å². The number of hydrogen-bond acceptors (Lipinski definition) is 4. The molecule has 0 saturated carbocycles. The monoisotopic (exact) mass is 318 g/mol. The summed E-state index contributed by atoms with van der Waals surface area (Å²) in [6, 6.07) is 10.4. The molecule has 1 aromatic rings. The number of rotatable bonds is 10. The van der Waals surface area contributed by atoms with Crippen molar-refractivity contribution in [2.24, 2.45) is 5.92 Å². The average molecular weight is 318 g/mol. The van der Waals surface area contributed by atoms with Crippen LogP contribution < -0.4 is 0 Å². The second-order valence-corrected chi connectivity index (χ2v) is 6.16. The number of aryl methyl sites for hydroxylation is 1. The largest absolute Gasteiger partial charge is 0.466 e. The van der Waals surface area contributed by atoms with Crippen LogP contribution in [0, 0.1) is 5.92 Å². The normalized spacial score (nSPS) is 19.8. The summed E-state index contributed by atoms with van der Waals surface area (Å²) in [7, 11) is 0. The fourth-order valence-electron chi connectivity index (χ4n) is 2.80. The molecule has 1 aliphatic heterocycles. The van der Waals surface area contributed by atoms with Crippen LogP contribution in [-0.2, 0) is 25.5 Å². The van der Waals surface area contributed by atoms with E-state index in [1.54, 1.807) is 0 Å². The molecule has 1 fully saturated rings. The van der Waals surface area contributed by atoms with E-state index in [0.717, 1.165) is 25.7 Å². The first-order chi connectivity index (χ1) is 11.2. The topological polar surface area (TPSA) is 52.6 Å². The third kappa shape index (κ3) is 6.05. The van der Waals surface area contributed by atoms with Crippen LogP contribution in [0.15, 0.2) is 30.3 Å². The first-order valence-electron chi connectivity index (χ1n) is 8.57. The molecule has 23 heavy (non-hydrogen) atoms. The van der Waals surface area contributed by atoms with Crippen LogP contribution in [0.4, 0.5) is 0 Å². The molecule has 0 bridgehead atoms. The quantitative estimate of drug-likeness (QED) is 0.488. The van der Waals surface area contributed by atoms with E-state index in [2.05, 4.69) is 24.3 Å². The summed E-state index contributed by atoms with van der Waals surface area (Å²) < 4.78 is 10.1. The maximum absolute atomic E-state index is 11.6. The van der Waals surface area contributed by atoms with Gasteiger partial charge in [0, 0.05) is 6.42 Å². The standard InChI is InChI=1S/C19H26O4/c1-15-17(19(21)23-15)12-8-13-18(20)22-14-7-3-6-11-16-9-4-2-5-10-16/h2,4-5,9-10,15,17H,3,6-8,11-14H2,1H3. The minimum atomic E-state index is -0.159. The first kappa shape index (κ1) is 17.5. The fraction of sp³-hybridized carbons (Fsp3) is 0.579. The Labute approximate surface area is 138 Å². The molecule has 4 nitrogen and oxygen atoms in total. The van der Waals surface area contributed by atoms with Crippen LogP contribution in [0.3, 0.4) is 0 Å². The number of cyclic esters (lactones) is 1. The van der Waals surface area contributed by atoms with Gasteiger partial charge >= 0.3 is 11.9 Å². The van der Waals surface area contributed by atoms with Gasteiger partial charge in [-0.3, -0.25) is 9.59 Å². The number of carbonyl (C=O) groups is 2. The fourth-order valence-corrected chi connectivity index (χ4v) is 2.80. The Morgan fingerprint density at radius 1 is 1.13 bits per heavy atom. The molecule has 2 rings (SSSR count). The molecular weight excluding hydrogens is 292 g/mol. The lowest BCUT2D eigenvalue weighted by atomic mass is 9.92. The molecule has 1 aliphatic rings. The molecule has 0 spiro atoms. The van der Waals surface area contributed by atoms with Gasteiger partial charge in [-0.2, -0.15) is 0 Å². The van der Waals surface area contributed by atoms with Gasteiger partial charge in [0.05, 0.1) is 12.5 Å². The van der Waals surface area contributed by atoms with Crippen LogP contribution in [0.2, 0.25) is 0 Å². The molecule has 2 atom stereocenters. The van der Waals surface area contributed by atoms with Crippen molar-refractivity contribution in [3.05, 3.63) is 35.9 Å². The van der Waals surface area contributed by atoms with E-state index < -0.39 is 0 Å². The van der Waals surface area contributed by atoms with Crippen molar-refractivity contribution in [2.75, 3.05) is 6.61 Å². The maximum Gasteiger partial charge on any atom is 0.312 e. The van der Waals surface area contributed by atoms with Crippen molar-refractivity contribution in [3.8, 4) is 0 Å². The summed E-state index contributed by atoms with van der Waals surface area (Å²) in [5.41, 5.74) is 1.35. The van der Waals surface area contributed by atoms with Crippen LogP contribution in [0.1, 0.15) is 51.0 Å². The Bertz CT molecular complexity index is 497. The van der Waals surface area contributed by atoms with Crippen molar-refractivity contribution in [1.82, 2.24) is 0 Å². The van der Waals surface area contributed by atoms with Gasteiger partial charge in [-0.25, -0.2) is 0 Å². The highest BCUT2D eigenvalue weighted by Crippen LogP contribution is 2.26. The van der Waals surface area contributed by atoms with Crippen molar-refractivity contribution in [2.45, 2.75) is 58.0 Å². The highest BCUT2D eigenvalue weighted by molar-refractivity contribution is 5.78. The molecule has 0 aromatic heterocycles. The zero-order valence-corrected chi connectivity index (χ0v) is 13.8. The second kappa shape index (κ2) is 9.33. The number of benzene rings is 1. The highest BCUT2D eigenvalue weighted by Gasteiger charge is 2.38. The summed E-state index contributed by atoms with van der Waals surface area (Å²) >= 11 is 0. The second-order valence-electron chi connectivity index (χ2n) is 6.16. The van der Waals surface area contributed by atoms with Crippen LogP contribution in [-0.4, -0.2) is 24.6 Å². The zero-order chi connectivity index (χ0) is 16.5. The molecule has 0 N–H and O–H groups in total. The van der Waals surface area contributed by atoms with Gasteiger partial charge in [0.25, 0.3) is 0 Å². The van der Waals surface area contributed by atoms with Crippen molar-refractivity contribution >= 4 is 11.9 Å². The summed E-state index contributed by atoms with van der Waals surface area (Å²) in [5.74, 6) is -0.321. The molecular formula is C19H26O4. The summed E-state index contributed by atoms with van der Waals surface area (Å²) in [6.07, 6.45) is 5.96. The minimum Gasteiger partial charge on any atom is -0.466 e. The average Bonchev–Trinajstić information content (AvgIpc) is 2.55. The maximum atomic E-state index is 11.6. The van der Waals surface area contributed by atoms with E-state index in [0.29, 0.717) is 25.9 Å². The molecule has 4 heteroatoms. The van der Waals surface area contributed by atoms with E-state index in [-0.39, 0.29) is 24.0 Å². The zero-order valence-electron chi connectivity index (χ0n) is 13.8. The molecule has 1 heterocycles. The first-order valence-corrected chi connectivity index (χ1v) is 8.57. The number of unbranched alkanes of at least 4 members (excludes halogenated alkanes) is 2. The van der Waals surface area contributed by atoms with Gasteiger partial charge < -0.3 is 9.47 Å². The van der Waals surface area contributed by atoms with E-state index in [4.69, 9.17) is 9.47 Å². The SMILES string of the molecule is CC1OC(=O)C1CCCC(=O)OCCCCCc1ccccc1. The Morgan fingerprint density at radius 2 is 1.91 bits per heavy atom. The van der Waals surface area contributed by atoms with E-state index in [9.17, 15) is 9.59 Å². The number of carbonyl (C=O) groups excluding carboxylic acids is 2. The predicted octanol–water partition coefficient (Wildman–Crippen LogP) is 3.67. The van der Waals surface area contributed by atoms with E-state index in [1.165, 1.54) is 5.56 Å². The molecule has 1 saturated heterocycles. The molecule has 2 unspecified atom stereocenters. The van der Waals surface area contributed by atoms with Gasteiger partial charge in [-0.05, 0) is 51.0 Å². The molecule has 1 aromatic carbocycles. The summed E-state index contributed by atoms with van der Waals surface area (Å²) in [6.45, 7) is 2.38. The third-order valence-electron chi connectivity index (χ3n) is 4.28. The summed E-state index contributed by atoms with van der Waals surface area (Å²) in [5, 5.41) is 0. The molecule has 0 amide bonds. The number of hydrogen-bond donors (Lipinski definition) is 0. The molecule has 0 radical (unpaired) electrons.